The number of hydrogen-bond donors (Lipinski definition) is 3. The number of rotatable bonds is 5. The number of nitrogens with two attached hydrogens (primary N) is 1. The first-order chi connectivity index (χ1) is 13.2. The molecular formula is C19H17N5O2S. The molecule has 1 aromatic heterocycles. The Morgan fingerprint density at radius 2 is 2.11 bits per heavy atom. The molecule has 1 aliphatic heterocycles. The van der Waals surface area contributed by atoms with Gasteiger partial charge >= 0.3 is 0 Å². The third-order valence-corrected chi connectivity index (χ3v) is 4.95. The number of nitrogen functional groups attached to an aromatic ring is 1. The second-order valence-corrected chi connectivity index (χ2v) is 6.78. The number of amides is 1. The Morgan fingerprint density at radius 3 is 2.89 bits per heavy atom. The van der Waals surface area contributed by atoms with Crippen molar-refractivity contribution in [2.45, 2.75) is 10.8 Å². The Morgan fingerprint density at radius 1 is 1.26 bits per heavy atom. The molecule has 0 fully saturated rings. The average Bonchev–Trinajstić information content (AvgIpc) is 3.23. The van der Waals surface area contributed by atoms with Crippen molar-refractivity contribution in [1.29, 1.82) is 0 Å². The molecule has 2 aromatic carbocycles. The molecule has 0 saturated heterocycles. The van der Waals surface area contributed by atoms with E-state index in [9.17, 15) is 4.79 Å². The monoisotopic (exact) mass is 379 g/mol. The van der Waals surface area contributed by atoms with Crippen LogP contribution in [0.4, 0.5) is 11.4 Å². The molecule has 0 bridgehead atoms. The summed E-state index contributed by atoms with van der Waals surface area (Å²) < 4.78 is 8.42. The lowest BCUT2D eigenvalue weighted by atomic mass is 9.99. The topological polar surface area (TPSA) is 106 Å². The maximum absolute atomic E-state index is 12.6. The molecule has 1 amide bonds. The Bertz CT molecular complexity index is 973. The largest absolute Gasteiger partial charge is 0.448 e. The molecule has 1 unspecified atom stereocenters. The highest BCUT2D eigenvalue weighted by Crippen LogP contribution is 2.32. The summed E-state index contributed by atoms with van der Waals surface area (Å²) in [7, 11) is 0. The fourth-order valence-electron chi connectivity index (χ4n) is 2.77. The van der Waals surface area contributed by atoms with E-state index >= 15 is 0 Å². The molecule has 1 aliphatic rings. The molecule has 4 N–H and O–H groups in total. The first-order valence-electron chi connectivity index (χ1n) is 8.34. The fraction of sp³-hybridized carbons (Fsp3) is 0.105. The predicted octanol–water partition coefficient (Wildman–Crippen LogP) is 2.85. The van der Waals surface area contributed by atoms with Crippen LogP contribution in [0.25, 0.3) is 0 Å². The van der Waals surface area contributed by atoms with Gasteiger partial charge in [0.05, 0.1) is 22.7 Å². The van der Waals surface area contributed by atoms with Crippen LogP contribution in [0.3, 0.4) is 0 Å². The van der Waals surface area contributed by atoms with Gasteiger partial charge in [0.15, 0.2) is 0 Å². The molecule has 27 heavy (non-hydrogen) atoms. The Balaban J connectivity index is 1.50. The number of nitrogens with one attached hydrogen (secondary N) is 2. The van der Waals surface area contributed by atoms with Crippen LogP contribution in [0.15, 0.2) is 75.3 Å². The Hall–Kier alpha value is -3.26. The molecule has 0 saturated carbocycles. The van der Waals surface area contributed by atoms with Crippen LogP contribution < -0.4 is 15.8 Å². The van der Waals surface area contributed by atoms with Crippen LogP contribution in [-0.4, -0.2) is 23.3 Å². The van der Waals surface area contributed by atoms with Gasteiger partial charge in [-0.3, -0.25) is 4.79 Å². The Labute approximate surface area is 160 Å². The molecular weight excluding hydrogens is 362 g/mol. The van der Waals surface area contributed by atoms with Crippen molar-refractivity contribution < 1.29 is 9.21 Å². The van der Waals surface area contributed by atoms with Gasteiger partial charge in [0, 0.05) is 12.2 Å². The average molecular weight is 379 g/mol. The predicted molar refractivity (Wildman–Crippen MR) is 105 cm³/mol. The number of carbonyl (C=O) groups excluding carboxylic acids is 1. The van der Waals surface area contributed by atoms with Crippen LogP contribution in [-0.2, 0) is 4.79 Å². The van der Waals surface area contributed by atoms with Gasteiger partial charge in [-0.2, -0.15) is 0 Å². The molecule has 0 radical (unpaired) electrons. The van der Waals surface area contributed by atoms with E-state index in [2.05, 4.69) is 20.0 Å². The second kappa shape index (κ2) is 7.55. The molecule has 4 rings (SSSR count). The summed E-state index contributed by atoms with van der Waals surface area (Å²) in [6.45, 7) is 0.337. The second-order valence-electron chi connectivity index (χ2n) is 5.94. The van der Waals surface area contributed by atoms with Crippen molar-refractivity contribution in [2.75, 3.05) is 12.3 Å². The van der Waals surface area contributed by atoms with Crippen LogP contribution >= 0.6 is 11.9 Å². The maximum atomic E-state index is 12.6. The van der Waals surface area contributed by atoms with Gasteiger partial charge in [-0.25, -0.2) is 9.98 Å². The number of carbonyl (C=O) groups is 1. The molecule has 8 heteroatoms. The lowest BCUT2D eigenvalue weighted by Crippen LogP contribution is -2.40. The summed E-state index contributed by atoms with van der Waals surface area (Å²) in [5, 5.41) is 2.91. The van der Waals surface area contributed by atoms with Gasteiger partial charge in [0.25, 0.3) is 5.91 Å². The van der Waals surface area contributed by atoms with Gasteiger partial charge in [-0.15, -0.1) is 0 Å². The first kappa shape index (κ1) is 17.2. The van der Waals surface area contributed by atoms with E-state index in [0.29, 0.717) is 23.8 Å². The van der Waals surface area contributed by atoms with Crippen molar-refractivity contribution in [2.24, 2.45) is 4.99 Å². The minimum atomic E-state index is -0.294. The van der Waals surface area contributed by atoms with Crippen molar-refractivity contribution >= 4 is 35.1 Å². The zero-order chi connectivity index (χ0) is 18.6. The highest BCUT2D eigenvalue weighted by molar-refractivity contribution is 7.98. The summed E-state index contributed by atoms with van der Waals surface area (Å²) in [5.41, 5.74) is 8.15. The quantitative estimate of drug-likeness (QED) is 0.465. The molecule has 0 spiro atoms. The zero-order valence-electron chi connectivity index (χ0n) is 14.3. The van der Waals surface area contributed by atoms with E-state index in [1.165, 1.54) is 18.2 Å². The van der Waals surface area contributed by atoms with Gasteiger partial charge < -0.3 is 20.2 Å². The van der Waals surface area contributed by atoms with Gasteiger partial charge in [0.1, 0.15) is 6.26 Å². The van der Waals surface area contributed by atoms with E-state index in [1.54, 1.807) is 18.3 Å². The first-order valence-corrected chi connectivity index (χ1v) is 9.16. The molecule has 2 heterocycles. The third-order valence-electron chi connectivity index (χ3n) is 4.11. The van der Waals surface area contributed by atoms with Crippen molar-refractivity contribution in [3.8, 4) is 0 Å². The highest BCUT2D eigenvalue weighted by Gasteiger charge is 2.23. The molecule has 0 aliphatic carbocycles. The third kappa shape index (κ3) is 3.80. The van der Waals surface area contributed by atoms with Gasteiger partial charge in [-0.1, -0.05) is 30.3 Å². The number of fused-ring (bicyclic) bond motifs is 1. The lowest BCUT2D eigenvalue weighted by Gasteiger charge is -2.18. The molecule has 1 atom stereocenters. The van der Waals surface area contributed by atoms with E-state index < -0.39 is 0 Å². The molecule has 7 nitrogen and oxygen atoms in total. The fourth-order valence-corrected chi connectivity index (χ4v) is 3.52. The van der Waals surface area contributed by atoms with E-state index in [-0.39, 0.29) is 17.7 Å². The van der Waals surface area contributed by atoms with Gasteiger partial charge in [0.2, 0.25) is 11.7 Å². The summed E-state index contributed by atoms with van der Waals surface area (Å²) in [6, 6.07) is 15.2. The Kier molecular flexibility index (Phi) is 4.80. The molecule has 136 valence electrons. The SMILES string of the molecule is Nc1ccc2c(c1)SNC(C(=O)NCC(c1ccccc1)c1ncco1)=N2. The minimum Gasteiger partial charge on any atom is -0.448 e. The van der Waals surface area contributed by atoms with E-state index in [1.807, 2.05) is 36.4 Å². The summed E-state index contributed by atoms with van der Waals surface area (Å²) in [5.74, 6) is 0.318. The lowest BCUT2D eigenvalue weighted by molar-refractivity contribution is -0.115. The smallest absolute Gasteiger partial charge is 0.287 e. The van der Waals surface area contributed by atoms with Crippen molar-refractivity contribution in [1.82, 2.24) is 15.0 Å². The standard InChI is InChI=1S/C19H17N5O2S/c20-13-6-7-15-16(10-13)27-24-17(23-15)18(25)22-11-14(19-21-8-9-26-19)12-4-2-1-3-5-12/h1-10,14H,11,20H2,(H,22,25)(H,23,24). The number of hydrogen-bond acceptors (Lipinski definition) is 7. The van der Waals surface area contributed by atoms with E-state index in [0.717, 1.165) is 10.5 Å². The summed E-state index contributed by atoms with van der Waals surface area (Å²) in [4.78, 5) is 22.1. The van der Waals surface area contributed by atoms with Gasteiger partial charge in [-0.05, 0) is 35.7 Å². The van der Waals surface area contributed by atoms with Crippen LogP contribution in [0.5, 0.6) is 0 Å². The number of oxazole rings is 1. The normalized spacial score (nSPS) is 13.9. The van der Waals surface area contributed by atoms with Crippen LogP contribution in [0.2, 0.25) is 0 Å². The number of aliphatic imine (C=N–C) groups is 1. The van der Waals surface area contributed by atoms with Crippen LogP contribution in [0.1, 0.15) is 17.4 Å². The molecule has 3 aromatic rings. The number of nitrogens with zero attached hydrogens (tertiary/aromatic N) is 2. The van der Waals surface area contributed by atoms with Crippen molar-refractivity contribution in [3.05, 3.63) is 72.4 Å². The number of benzene rings is 2. The highest BCUT2D eigenvalue weighted by atomic mass is 32.2. The zero-order valence-corrected chi connectivity index (χ0v) is 15.1. The number of aromatic nitrogens is 1. The van der Waals surface area contributed by atoms with E-state index in [4.69, 9.17) is 10.2 Å². The summed E-state index contributed by atoms with van der Waals surface area (Å²) >= 11 is 1.32. The maximum Gasteiger partial charge on any atom is 0.287 e. The summed E-state index contributed by atoms with van der Waals surface area (Å²) in [6.07, 6.45) is 3.12. The minimum absolute atomic E-state index is 0.186. The number of amidine groups is 1. The van der Waals surface area contributed by atoms with Crippen molar-refractivity contribution in [3.63, 3.8) is 0 Å². The van der Waals surface area contributed by atoms with Crippen LogP contribution in [0, 0.1) is 0 Å². The number of anilines is 1.